The molecule has 1 nitrogen and oxygen atoms in total. The monoisotopic (exact) mass is 243 g/mol. The van der Waals surface area contributed by atoms with E-state index in [1.54, 1.807) is 5.57 Å². The van der Waals surface area contributed by atoms with Crippen molar-refractivity contribution in [3.63, 3.8) is 0 Å². The van der Waals surface area contributed by atoms with Gasteiger partial charge in [0.2, 0.25) is 5.92 Å². The normalized spacial score (nSPS) is 28.1. The van der Waals surface area contributed by atoms with E-state index in [1.165, 1.54) is 19.3 Å². The number of hydrogen-bond donors (Lipinski definition) is 1. The molecule has 1 fully saturated rings. The summed E-state index contributed by atoms with van der Waals surface area (Å²) in [6, 6.07) is 0. The standard InChI is InChI=1S/C14H23F2N/c15-14(16)8-3-6-13(10-14)11-17-9-7-12-4-1-2-5-12/h4,13,17H,1-3,5-11H2. The fourth-order valence-electron chi connectivity index (χ4n) is 2.97. The Hall–Kier alpha value is -0.440. The molecule has 0 amide bonds. The summed E-state index contributed by atoms with van der Waals surface area (Å²) in [6.07, 6.45) is 9.02. The van der Waals surface area contributed by atoms with Gasteiger partial charge in [0.15, 0.2) is 0 Å². The first-order valence-electron chi connectivity index (χ1n) is 6.92. The summed E-state index contributed by atoms with van der Waals surface area (Å²) in [5.41, 5.74) is 1.55. The molecule has 2 rings (SSSR count). The molecule has 1 atom stereocenters. The molecule has 0 radical (unpaired) electrons. The summed E-state index contributed by atoms with van der Waals surface area (Å²) < 4.78 is 26.3. The maximum absolute atomic E-state index is 13.2. The Balaban J connectivity index is 1.58. The Kier molecular flexibility index (Phi) is 4.55. The Bertz CT molecular complexity index is 273. The van der Waals surface area contributed by atoms with Crippen molar-refractivity contribution in [2.45, 2.75) is 57.3 Å². The lowest BCUT2D eigenvalue weighted by Gasteiger charge is -2.29. The quantitative estimate of drug-likeness (QED) is 0.570. The Morgan fingerprint density at radius 3 is 2.94 bits per heavy atom. The van der Waals surface area contributed by atoms with Gasteiger partial charge in [0.25, 0.3) is 0 Å². The first-order chi connectivity index (χ1) is 8.16. The van der Waals surface area contributed by atoms with Gasteiger partial charge in [-0.05, 0) is 57.5 Å². The van der Waals surface area contributed by atoms with Gasteiger partial charge >= 0.3 is 0 Å². The second-order valence-corrected chi connectivity index (χ2v) is 5.53. The highest BCUT2D eigenvalue weighted by Crippen LogP contribution is 2.36. The van der Waals surface area contributed by atoms with E-state index in [2.05, 4.69) is 11.4 Å². The van der Waals surface area contributed by atoms with Crippen molar-refractivity contribution in [3.8, 4) is 0 Å². The van der Waals surface area contributed by atoms with Gasteiger partial charge in [0.05, 0.1) is 0 Å². The van der Waals surface area contributed by atoms with Crippen LogP contribution in [0.4, 0.5) is 8.78 Å². The molecule has 0 aromatic carbocycles. The lowest BCUT2D eigenvalue weighted by Crippen LogP contribution is -2.33. The van der Waals surface area contributed by atoms with Crippen molar-refractivity contribution >= 4 is 0 Å². The van der Waals surface area contributed by atoms with Crippen LogP contribution in [-0.2, 0) is 0 Å². The summed E-state index contributed by atoms with van der Waals surface area (Å²) in [7, 11) is 0. The Morgan fingerprint density at radius 1 is 1.35 bits per heavy atom. The van der Waals surface area contributed by atoms with Gasteiger partial charge in [-0.15, -0.1) is 0 Å². The molecule has 0 aromatic heterocycles. The molecule has 2 aliphatic carbocycles. The van der Waals surface area contributed by atoms with Crippen molar-refractivity contribution in [2.75, 3.05) is 13.1 Å². The van der Waals surface area contributed by atoms with Crippen LogP contribution < -0.4 is 5.32 Å². The molecule has 0 aromatic rings. The number of rotatable bonds is 5. The number of hydrogen-bond acceptors (Lipinski definition) is 1. The van der Waals surface area contributed by atoms with Gasteiger partial charge in [0.1, 0.15) is 0 Å². The van der Waals surface area contributed by atoms with Crippen LogP contribution in [0.1, 0.15) is 51.4 Å². The lowest BCUT2D eigenvalue weighted by molar-refractivity contribution is -0.0519. The largest absolute Gasteiger partial charge is 0.316 e. The minimum atomic E-state index is -2.40. The van der Waals surface area contributed by atoms with Crippen molar-refractivity contribution in [1.82, 2.24) is 5.32 Å². The predicted molar refractivity (Wildman–Crippen MR) is 66.3 cm³/mol. The third-order valence-electron chi connectivity index (χ3n) is 3.93. The molecule has 2 aliphatic rings. The van der Waals surface area contributed by atoms with Crippen molar-refractivity contribution < 1.29 is 8.78 Å². The minimum Gasteiger partial charge on any atom is -0.316 e. The molecule has 98 valence electrons. The summed E-state index contributed by atoms with van der Waals surface area (Å²) in [4.78, 5) is 0. The zero-order valence-corrected chi connectivity index (χ0v) is 10.5. The Labute approximate surface area is 103 Å². The van der Waals surface area contributed by atoms with E-state index in [9.17, 15) is 8.78 Å². The van der Waals surface area contributed by atoms with Crippen molar-refractivity contribution in [1.29, 1.82) is 0 Å². The molecule has 0 saturated heterocycles. The number of nitrogens with one attached hydrogen (secondary N) is 1. The summed E-state index contributed by atoms with van der Waals surface area (Å²) in [5.74, 6) is -2.23. The molecule has 1 saturated carbocycles. The molecule has 0 heterocycles. The molecular weight excluding hydrogens is 220 g/mol. The smallest absolute Gasteiger partial charge is 0.248 e. The molecule has 1 unspecified atom stereocenters. The van der Waals surface area contributed by atoms with E-state index >= 15 is 0 Å². The third kappa shape index (κ3) is 4.38. The second kappa shape index (κ2) is 5.94. The zero-order valence-electron chi connectivity index (χ0n) is 10.5. The van der Waals surface area contributed by atoms with Crippen LogP contribution in [0, 0.1) is 5.92 Å². The van der Waals surface area contributed by atoms with Gasteiger partial charge in [-0.1, -0.05) is 11.6 Å². The maximum Gasteiger partial charge on any atom is 0.248 e. The van der Waals surface area contributed by atoms with Crippen LogP contribution in [0.25, 0.3) is 0 Å². The highest BCUT2D eigenvalue weighted by molar-refractivity contribution is 5.07. The molecule has 1 N–H and O–H groups in total. The zero-order chi connectivity index (χ0) is 12.1. The van der Waals surface area contributed by atoms with Crippen LogP contribution in [0.3, 0.4) is 0 Å². The van der Waals surface area contributed by atoms with Crippen molar-refractivity contribution in [2.24, 2.45) is 5.92 Å². The molecule has 3 heteroatoms. The maximum atomic E-state index is 13.2. The highest BCUT2D eigenvalue weighted by Gasteiger charge is 2.35. The first kappa shape index (κ1) is 13.0. The molecule has 0 aliphatic heterocycles. The number of alkyl halides is 2. The fraction of sp³-hybridized carbons (Fsp3) is 0.857. The van der Waals surface area contributed by atoms with Crippen LogP contribution in [0.2, 0.25) is 0 Å². The number of allylic oxidation sites excluding steroid dienone is 1. The van der Waals surface area contributed by atoms with E-state index in [0.29, 0.717) is 6.42 Å². The van der Waals surface area contributed by atoms with Gasteiger partial charge in [-0.25, -0.2) is 8.78 Å². The topological polar surface area (TPSA) is 12.0 Å². The van der Waals surface area contributed by atoms with Crippen molar-refractivity contribution in [3.05, 3.63) is 11.6 Å². The van der Waals surface area contributed by atoms with E-state index in [1.807, 2.05) is 0 Å². The van der Waals surface area contributed by atoms with Gasteiger partial charge in [0, 0.05) is 12.8 Å². The predicted octanol–water partition coefficient (Wildman–Crippen LogP) is 3.90. The average molecular weight is 243 g/mol. The number of halogens is 2. The molecule has 0 bridgehead atoms. The summed E-state index contributed by atoms with van der Waals surface area (Å²) >= 11 is 0. The molecular formula is C14H23F2N. The van der Waals surface area contributed by atoms with E-state index in [4.69, 9.17) is 0 Å². The van der Waals surface area contributed by atoms with Gasteiger partial charge in [-0.2, -0.15) is 0 Å². The fourth-order valence-corrected chi connectivity index (χ4v) is 2.97. The van der Waals surface area contributed by atoms with Crippen LogP contribution in [0.15, 0.2) is 11.6 Å². The summed E-state index contributed by atoms with van der Waals surface area (Å²) in [5, 5.41) is 3.35. The lowest BCUT2D eigenvalue weighted by atomic mass is 9.86. The minimum absolute atomic E-state index is 0.0860. The van der Waals surface area contributed by atoms with Crippen LogP contribution in [0.5, 0.6) is 0 Å². The third-order valence-corrected chi connectivity index (χ3v) is 3.93. The molecule has 0 spiro atoms. The highest BCUT2D eigenvalue weighted by atomic mass is 19.3. The van der Waals surface area contributed by atoms with Gasteiger partial charge < -0.3 is 5.32 Å². The average Bonchev–Trinajstić information content (AvgIpc) is 2.76. The van der Waals surface area contributed by atoms with Gasteiger partial charge in [-0.3, -0.25) is 0 Å². The van der Waals surface area contributed by atoms with E-state index < -0.39 is 5.92 Å². The summed E-state index contributed by atoms with van der Waals surface area (Å²) in [6.45, 7) is 1.72. The second-order valence-electron chi connectivity index (χ2n) is 5.53. The van der Waals surface area contributed by atoms with E-state index in [-0.39, 0.29) is 18.8 Å². The van der Waals surface area contributed by atoms with Crippen LogP contribution in [-0.4, -0.2) is 19.0 Å². The SMILES string of the molecule is FC1(F)CCCC(CNCCC2=CCCC2)C1. The first-order valence-corrected chi connectivity index (χ1v) is 6.92. The van der Waals surface area contributed by atoms with E-state index in [0.717, 1.165) is 25.9 Å². The molecule has 17 heavy (non-hydrogen) atoms. The Morgan fingerprint density at radius 2 is 2.24 bits per heavy atom. The van der Waals surface area contributed by atoms with Crippen LogP contribution >= 0.6 is 0 Å².